The van der Waals surface area contributed by atoms with Gasteiger partial charge < -0.3 is 9.88 Å². The van der Waals surface area contributed by atoms with Crippen molar-refractivity contribution in [1.29, 1.82) is 5.26 Å². The van der Waals surface area contributed by atoms with Gasteiger partial charge in [0, 0.05) is 11.1 Å². The predicted octanol–water partition coefficient (Wildman–Crippen LogP) is 5.23. The van der Waals surface area contributed by atoms with Crippen molar-refractivity contribution in [3.63, 3.8) is 0 Å². The smallest absolute Gasteiger partial charge is 0.254 e. The monoisotopic (exact) mass is 428 g/mol. The third-order valence-corrected chi connectivity index (χ3v) is 6.06. The van der Waals surface area contributed by atoms with Crippen LogP contribution < -0.4 is 0 Å². The predicted molar refractivity (Wildman–Crippen MR) is 123 cm³/mol. The van der Waals surface area contributed by atoms with E-state index in [1.807, 2.05) is 45.9 Å². The van der Waals surface area contributed by atoms with E-state index in [1.54, 1.807) is 24.3 Å². The molecule has 162 valence electrons. The van der Waals surface area contributed by atoms with Crippen LogP contribution in [0.1, 0.15) is 51.1 Å². The van der Waals surface area contributed by atoms with Crippen LogP contribution in [0.2, 0.25) is 0 Å². The Hall–Kier alpha value is -3.72. The molecule has 0 radical (unpaired) electrons. The van der Waals surface area contributed by atoms with Crippen LogP contribution in [0.15, 0.2) is 43.0 Å². The number of nitrogens with one attached hydrogen (secondary N) is 1. The van der Waals surface area contributed by atoms with Crippen molar-refractivity contribution in [2.24, 2.45) is 0 Å². The second kappa shape index (κ2) is 7.76. The highest BCUT2D eigenvalue weighted by atomic mass is 19.1. The summed E-state index contributed by atoms with van der Waals surface area (Å²) in [5, 5.41) is 8.93. The highest BCUT2D eigenvalue weighted by Crippen LogP contribution is 2.38. The molecule has 1 aliphatic heterocycles. The fraction of sp³-hybridized carbons (Fsp3) is 0.269. The molecule has 5 nitrogen and oxygen atoms in total. The number of halogens is 1. The molecular formula is C26H25FN4O. The van der Waals surface area contributed by atoms with Crippen molar-refractivity contribution >= 4 is 11.5 Å². The quantitative estimate of drug-likeness (QED) is 0.619. The number of likely N-dealkylation sites (tertiary alicyclic amines) is 1. The molecule has 0 bridgehead atoms. The molecule has 1 aromatic heterocycles. The summed E-state index contributed by atoms with van der Waals surface area (Å²) in [5.74, 6) is 0.528. The molecule has 0 spiro atoms. The van der Waals surface area contributed by atoms with E-state index in [1.165, 1.54) is 4.90 Å². The molecule has 2 aromatic carbocycles. The zero-order valence-electron chi connectivity index (χ0n) is 18.7. The van der Waals surface area contributed by atoms with E-state index in [-0.39, 0.29) is 19.0 Å². The first-order valence-corrected chi connectivity index (χ1v) is 10.5. The lowest BCUT2D eigenvalue weighted by Gasteiger charge is -2.45. The summed E-state index contributed by atoms with van der Waals surface area (Å²) in [6, 6.07) is 12.3. The van der Waals surface area contributed by atoms with Gasteiger partial charge in [0.15, 0.2) is 5.67 Å². The molecule has 32 heavy (non-hydrogen) atoms. The summed E-state index contributed by atoms with van der Waals surface area (Å²) >= 11 is 0. The maximum Gasteiger partial charge on any atom is 0.254 e. The standard InChI is InChI=1S/C26H25FN4O/c1-15(2)24-29-18(5)23(30-24)21-11-22(17(4)10-16(21)3)25(32)31-13-26(27,14-31)20-8-6-19(12-28)7-9-20/h6-11H,1,13-14H2,2-5H3,(H,29,30). The Balaban J connectivity index is 1.60. The molecule has 6 heteroatoms. The summed E-state index contributed by atoms with van der Waals surface area (Å²) in [4.78, 5) is 22.6. The zero-order valence-corrected chi connectivity index (χ0v) is 18.7. The largest absolute Gasteiger partial charge is 0.338 e. The number of aromatic nitrogens is 2. The van der Waals surface area contributed by atoms with Crippen molar-refractivity contribution in [3.8, 4) is 17.3 Å². The third-order valence-electron chi connectivity index (χ3n) is 6.06. The number of carbonyl (C=O) groups is 1. The normalized spacial score (nSPS) is 14.6. The van der Waals surface area contributed by atoms with Crippen LogP contribution in [0.25, 0.3) is 16.8 Å². The van der Waals surface area contributed by atoms with Gasteiger partial charge in [0.25, 0.3) is 5.91 Å². The van der Waals surface area contributed by atoms with Gasteiger partial charge in [-0.2, -0.15) is 5.26 Å². The summed E-state index contributed by atoms with van der Waals surface area (Å²) in [5.41, 5.74) is 5.23. The number of nitriles is 1. The van der Waals surface area contributed by atoms with Gasteiger partial charge in [-0.15, -0.1) is 0 Å². The summed E-state index contributed by atoms with van der Waals surface area (Å²) < 4.78 is 15.3. The first-order chi connectivity index (χ1) is 15.1. The van der Waals surface area contributed by atoms with Crippen LogP contribution in [0, 0.1) is 32.1 Å². The number of H-pyrrole nitrogens is 1. The first-order valence-electron chi connectivity index (χ1n) is 10.5. The van der Waals surface area contributed by atoms with Crippen molar-refractivity contribution in [2.75, 3.05) is 13.1 Å². The molecule has 1 aliphatic rings. The maximum atomic E-state index is 15.3. The van der Waals surface area contributed by atoms with Crippen LogP contribution in [0.4, 0.5) is 4.39 Å². The lowest BCUT2D eigenvalue weighted by Crippen LogP contribution is -2.58. The lowest BCUT2D eigenvalue weighted by molar-refractivity contribution is -0.0231. The number of aryl methyl sites for hydroxylation is 3. The summed E-state index contributed by atoms with van der Waals surface area (Å²) in [6.07, 6.45) is 0. The molecule has 1 amide bonds. The van der Waals surface area contributed by atoms with Gasteiger partial charge in [-0.05, 0) is 68.2 Å². The Bertz CT molecular complexity index is 1270. The number of benzene rings is 2. The second-order valence-corrected chi connectivity index (χ2v) is 8.62. The third kappa shape index (κ3) is 3.60. The second-order valence-electron chi connectivity index (χ2n) is 8.62. The summed E-state index contributed by atoms with van der Waals surface area (Å²) in [6.45, 7) is 11.6. The lowest BCUT2D eigenvalue weighted by atomic mass is 9.86. The van der Waals surface area contributed by atoms with E-state index in [4.69, 9.17) is 5.26 Å². The molecule has 4 rings (SSSR count). The number of aromatic amines is 1. The molecule has 1 fully saturated rings. The van der Waals surface area contributed by atoms with Crippen LogP contribution in [-0.2, 0) is 5.67 Å². The number of hydrogen-bond donors (Lipinski definition) is 1. The first kappa shape index (κ1) is 21.5. The molecule has 0 unspecified atom stereocenters. The van der Waals surface area contributed by atoms with Crippen LogP contribution in [-0.4, -0.2) is 33.9 Å². The van der Waals surface area contributed by atoms with E-state index in [9.17, 15) is 4.79 Å². The minimum absolute atomic E-state index is 0.0106. The number of rotatable bonds is 4. The Morgan fingerprint density at radius 3 is 2.41 bits per heavy atom. The van der Waals surface area contributed by atoms with Gasteiger partial charge in [-0.25, -0.2) is 9.37 Å². The van der Waals surface area contributed by atoms with Gasteiger partial charge >= 0.3 is 0 Å². The Morgan fingerprint density at radius 2 is 1.84 bits per heavy atom. The molecule has 2 heterocycles. The van der Waals surface area contributed by atoms with E-state index in [0.29, 0.717) is 16.7 Å². The zero-order chi connectivity index (χ0) is 23.2. The summed E-state index contributed by atoms with van der Waals surface area (Å²) in [7, 11) is 0. The van der Waals surface area contributed by atoms with E-state index in [0.717, 1.165) is 39.5 Å². The highest BCUT2D eigenvalue weighted by Gasteiger charge is 2.47. The average molecular weight is 429 g/mol. The molecule has 0 atom stereocenters. The molecule has 1 saturated heterocycles. The molecule has 0 saturated carbocycles. The number of nitrogens with zero attached hydrogens (tertiary/aromatic N) is 3. The van der Waals surface area contributed by atoms with Crippen molar-refractivity contribution < 1.29 is 9.18 Å². The van der Waals surface area contributed by atoms with Crippen molar-refractivity contribution in [1.82, 2.24) is 14.9 Å². The van der Waals surface area contributed by atoms with Gasteiger partial charge in [0.2, 0.25) is 0 Å². The molecular weight excluding hydrogens is 403 g/mol. The highest BCUT2D eigenvalue weighted by molar-refractivity contribution is 5.98. The van der Waals surface area contributed by atoms with Crippen LogP contribution in [0.3, 0.4) is 0 Å². The molecule has 3 aromatic rings. The topological polar surface area (TPSA) is 72.8 Å². The molecule has 0 aliphatic carbocycles. The van der Waals surface area contributed by atoms with Gasteiger partial charge in [-0.1, -0.05) is 24.8 Å². The van der Waals surface area contributed by atoms with Gasteiger partial charge in [0.05, 0.1) is 36.1 Å². The Labute approximate surface area is 187 Å². The Kier molecular flexibility index (Phi) is 5.21. The van der Waals surface area contributed by atoms with Crippen molar-refractivity contribution in [3.05, 3.63) is 82.3 Å². The number of carbonyl (C=O) groups excluding carboxylic acids is 1. The minimum atomic E-state index is -1.60. The molecule has 1 N–H and O–H groups in total. The van der Waals surface area contributed by atoms with Crippen LogP contribution in [0.5, 0.6) is 0 Å². The fourth-order valence-electron chi connectivity index (χ4n) is 4.18. The number of imidazole rings is 1. The van der Waals surface area contributed by atoms with Gasteiger partial charge in [0.1, 0.15) is 5.82 Å². The number of amides is 1. The minimum Gasteiger partial charge on any atom is -0.338 e. The SMILES string of the molecule is C=C(C)c1nc(C)c(-c2cc(C(=O)N3CC(F)(c4ccc(C#N)cc4)C3)c(C)cc2C)[nH]1. The number of alkyl halides is 1. The number of allylic oxidation sites excluding steroid dienone is 1. The average Bonchev–Trinajstić information content (AvgIpc) is 3.13. The van der Waals surface area contributed by atoms with E-state index >= 15 is 4.39 Å². The number of hydrogen-bond acceptors (Lipinski definition) is 3. The van der Waals surface area contributed by atoms with Crippen LogP contribution >= 0.6 is 0 Å². The van der Waals surface area contributed by atoms with E-state index < -0.39 is 5.67 Å². The van der Waals surface area contributed by atoms with Crippen molar-refractivity contribution in [2.45, 2.75) is 33.4 Å². The van der Waals surface area contributed by atoms with Gasteiger partial charge in [-0.3, -0.25) is 4.79 Å². The maximum absolute atomic E-state index is 15.3. The fourth-order valence-corrected chi connectivity index (χ4v) is 4.18. The van der Waals surface area contributed by atoms with E-state index in [2.05, 4.69) is 16.5 Å². The Morgan fingerprint density at radius 1 is 1.19 bits per heavy atom.